The van der Waals surface area contributed by atoms with E-state index in [0.717, 1.165) is 0 Å². The van der Waals surface area contributed by atoms with Gasteiger partial charge in [-0.3, -0.25) is 9.36 Å². The van der Waals surface area contributed by atoms with Gasteiger partial charge in [-0.05, 0) is 39.3 Å². The van der Waals surface area contributed by atoms with Gasteiger partial charge in [-0.1, -0.05) is 15.9 Å². The first-order chi connectivity index (χ1) is 11.7. The summed E-state index contributed by atoms with van der Waals surface area (Å²) in [6.07, 6.45) is 1.59. The number of halogens is 2. The summed E-state index contributed by atoms with van der Waals surface area (Å²) in [4.78, 5) is 30.6. The third kappa shape index (κ3) is 3.68. The summed E-state index contributed by atoms with van der Waals surface area (Å²) in [6, 6.07) is 2.60. The van der Waals surface area contributed by atoms with Crippen molar-refractivity contribution in [2.45, 2.75) is 38.8 Å². The molecule has 6 nitrogen and oxygen atoms in total. The molecular formula is C17H19BrFN3O3. The number of likely N-dealkylation sites (tertiary alicyclic amines) is 1. The average molecular weight is 412 g/mol. The van der Waals surface area contributed by atoms with E-state index in [9.17, 15) is 14.0 Å². The van der Waals surface area contributed by atoms with Crippen LogP contribution in [-0.4, -0.2) is 39.2 Å². The average Bonchev–Trinajstić information content (AvgIpc) is 2.94. The normalized spacial score (nSPS) is 18.0. The van der Waals surface area contributed by atoms with Crippen molar-refractivity contribution in [3.63, 3.8) is 0 Å². The summed E-state index contributed by atoms with van der Waals surface area (Å²) >= 11 is 3.19. The van der Waals surface area contributed by atoms with E-state index in [2.05, 4.69) is 20.9 Å². The van der Waals surface area contributed by atoms with Crippen LogP contribution >= 0.6 is 15.9 Å². The molecule has 25 heavy (non-hydrogen) atoms. The van der Waals surface area contributed by atoms with E-state index in [1.54, 1.807) is 31.7 Å². The number of benzene rings is 1. The molecule has 1 fully saturated rings. The first kappa shape index (κ1) is 17.8. The number of nitrogens with zero attached hydrogens (tertiary/aromatic N) is 3. The van der Waals surface area contributed by atoms with E-state index in [1.165, 1.54) is 17.0 Å². The van der Waals surface area contributed by atoms with Gasteiger partial charge in [0.1, 0.15) is 16.8 Å². The zero-order chi connectivity index (χ0) is 18.4. The van der Waals surface area contributed by atoms with Crippen LogP contribution in [-0.2, 0) is 4.74 Å². The number of ether oxygens (including phenoxy) is 1. The summed E-state index contributed by atoms with van der Waals surface area (Å²) in [5.74, 6) is -0.613. The van der Waals surface area contributed by atoms with Crippen LogP contribution in [0.15, 0.2) is 27.7 Å². The highest BCUT2D eigenvalue weighted by atomic mass is 79.9. The lowest BCUT2D eigenvalue weighted by atomic mass is 10.2. The van der Waals surface area contributed by atoms with Crippen molar-refractivity contribution < 1.29 is 13.9 Å². The van der Waals surface area contributed by atoms with Gasteiger partial charge in [0.25, 0.3) is 5.56 Å². The highest BCUT2D eigenvalue weighted by Crippen LogP contribution is 2.24. The van der Waals surface area contributed by atoms with Gasteiger partial charge in [0.15, 0.2) is 0 Å². The Hall–Kier alpha value is -1.96. The quantitative estimate of drug-likeness (QED) is 0.720. The number of carbonyl (C=O) groups is 1. The molecule has 134 valence electrons. The minimum absolute atomic E-state index is 0.0404. The Morgan fingerprint density at radius 3 is 2.80 bits per heavy atom. The van der Waals surface area contributed by atoms with Gasteiger partial charge in [0.2, 0.25) is 0 Å². The topological polar surface area (TPSA) is 64.4 Å². The molecule has 1 amide bonds. The van der Waals surface area contributed by atoms with Gasteiger partial charge in [-0.25, -0.2) is 14.2 Å². The van der Waals surface area contributed by atoms with Crippen molar-refractivity contribution in [3.05, 3.63) is 39.1 Å². The van der Waals surface area contributed by atoms with Crippen molar-refractivity contribution in [2.24, 2.45) is 0 Å². The molecule has 1 unspecified atom stereocenters. The standard InChI is InChI=1S/C17H19BrFN3O3/c1-17(2,3)25-16(24)21-5-4-11(8-21)22-9-20-13-7-10(18)6-12(19)14(13)15(22)23/h6-7,9,11H,4-5,8H2,1-3H3. The molecule has 0 saturated carbocycles. The fourth-order valence-electron chi connectivity index (χ4n) is 2.90. The van der Waals surface area contributed by atoms with E-state index < -0.39 is 23.1 Å². The number of hydrogen-bond donors (Lipinski definition) is 0. The van der Waals surface area contributed by atoms with Gasteiger partial charge in [-0.2, -0.15) is 0 Å². The second-order valence-corrected chi connectivity index (χ2v) is 8.02. The third-order valence-electron chi connectivity index (χ3n) is 4.01. The van der Waals surface area contributed by atoms with Crippen molar-refractivity contribution >= 4 is 32.9 Å². The fourth-order valence-corrected chi connectivity index (χ4v) is 3.32. The first-order valence-corrected chi connectivity index (χ1v) is 8.79. The summed E-state index contributed by atoms with van der Waals surface area (Å²) in [5.41, 5.74) is -0.714. The molecule has 0 radical (unpaired) electrons. The van der Waals surface area contributed by atoms with E-state index in [1.807, 2.05) is 0 Å². The molecule has 1 aromatic heterocycles. The second kappa shape index (κ2) is 6.40. The second-order valence-electron chi connectivity index (χ2n) is 7.11. The fraction of sp³-hybridized carbons (Fsp3) is 0.471. The maximum atomic E-state index is 14.2. The Bertz CT molecular complexity index is 891. The molecule has 0 spiro atoms. The van der Waals surface area contributed by atoms with E-state index >= 15 is 0 Å². The Morgan fingerprint density at radius 1 is 1.40 bits per heavy atom. The van der Waals surface area contributed by atoms with Crippen LogP contribution in [0.4, 0.5) is 9.18 Å². The monoisotopic (exact) mass is 411 g/mol. The predicted molar refractivity (Wildman–Crippen MR) is 95.1 cm³/mol. The molecule has 1 aliphatic heterocycles. The Kier molecular flexibility index (Phi) is 4.57. The Morgan fingerprint density at radius 2 is 2.12 bits per heavy atom. The van der Waals surface area contributed by atoms with Gasteiger partial charge in [0, 0.05) is 17.6 Å². The lowest BCUT2D eigenvalue weighted by Crippen LogP contribution is -2.36. The molecule has 1 saturated heterocycles. The Balaban J connectivity index is 1.88. The Labute approximate surface area is 152 Å². The molecule has 1 atom stereocenters. The van der Waals surface area contributed by atoms with Crippen LogP contribution in [0, 0.1) is 5.82 Å². The van der Waals surface area contributed by atoms with E-state index in [0.29, 0.717) is 29.5 Å². The molecule has 8 heteroatoms. The van der Waals surface area contributed by atoms with Crippen molar-refractivity contribution in [1.29, 1.82) is 0 Å². The minimum atomic E-state index is -0.613. The first-order valence-electron chi connectivity index (χ1n) is 7.99. The largest absolute Gasteiger partial charge is 0.444 e. The van der Waals surface area contributed by atoms with Gasteiger partial charge >= 0.3 is 6.09 Å². The summed E-state index contributed by atoms with van der Waals surface area (Å²) in [6.45, 7) is 6.22. The van der Waals surface area contributed by atoms with Crippen molar-refractivity contribution in [3.8, 4) is 0 Å². The van der Waals surface area contributed by atoms with Gasteiger partial charge in [0.05, 0.1) is 17.9 Å². The lowest BCUT2D eigenvalue weighted by Gasteiger charge is -2.24. The molecule has 1 aromatic carbocycles. The lowest BCUT2D eigenvalue weighted by molar-refractivity contribution is 0.0289. The summed E-state index contributed by atoms with van der Waals surface area (Å²) in [5, 5.41) is -0.0404. The van der Waals surface area contributed by atoms with Crippen LogP contribution in [0.25, 0.3) is 10.9 Å². The SMILES string of the molecule is CC(C)(C)OC(=O)N1CCC(n2cnc3cc(Br)cc(F)c3c2=O)C1. The molecular weight excluding hydrogens is 393 g/mol. The third-order valence-corrected chi connectivity index (χ3v) is 4.47. The molecule has 2 heterocycles. The maximum Gasteiger partial charge on any atom is 0.410 e. The van der Waals surface area contributed by atoms with E-state index in [4.69, 9.17) is 4.74 Å². The van der Waals surface area contributed by atoms with Crippen LogP contribution < -0.4 is 5.56 Å². The van der Waals surface area contributed by atoms with Crippen LogP contribution in [0.2, 0.25) is 0 Å². The molecule has 2 aromatic rings. The zero-order valence-electron chi connectivity index (χ0n) is 14.3. The van der Waals surface area contributed by atoms with Crippen molar-refractivity contribution in [1.82, 2.24) is 14.5 Å². The number of fused-ring (bicyclic) bond motifs is 1. The predicted octanol–water partition coefficient (Wildman–Crippen LogP) is 3.48. The number of hydrogen-bond acceptors (Lipinski definition) is 4. The summed E-state index contributed by atoms with van der Waals surface area (Å²) < 4.78 is 21.5. The van der Waals surface area contributed by atoms with E-state index in [-0.39, 0.29) is 11.4 Å². The molecule has 0 bridgehead atoms. The highest BCUT2D eigenvalue weighted by molar-refractivity contribution is 9.10. The molecule has 0 aliphatic carbocycles. The smallest absolute Gasteiger partial charge is 0.410 e. The molecule has 3 rings (SSSR count). The molecule has 1 aliphatic rings. The number of aromatic nitrogens is 2. The van der Waals surface area contributed by atoms with Gasteiger partial charge < -0.3 is 9.64 Å². The van der Waals surface area contributed by atoms with Crippen LogP contribution in [0.3, 0.4) is 0 Å². The number of rotatable bonds is 1. The summed E-state index contributed by atoms with van der Waals surface area (Å²) in [7, 11) is 0. The van der Waals surface area contributed by atoms with Crippen LogP contribution in [0.5, 0.6) is 0 Å². The number of carbonyl (C=O) groups excluding carboxylic acids is 1. The molecule has 0 N–H and O–H groups in total. The highest BCUT2D eigenvalue weighted by Gasteiger charge is 2.31. The van der Waals surface area contributed by atoms with Crippen LogP contribution in [0.1, 0.15) is 33.2 Å². The minimum Gasteiger partial charge on any atom is -0.444 e. The van der Waals surface area contributed by atoms with Crippen molar-refractivity contribution in [2.75, 3.05) is 13.1 Å². The number of amides is 1. The maximum absolute atomic E-state index is 14.2. The van der Waals surface area contributed by atoms with Gasteiger partial charge in [-0.15, -0.1) is 0 Å². The zero-order valence-corrected chi connectivity index (χ0v) is 15.8.